The number of nitrogens with zero attached hydrogens (tertiary/aromatic N) is 1. The van der Waals surface area contributed by atoms with Crippen LogP contribution in [0.4, 0.5) is 0 Å². The van der Waals surface area contributed by atoms with Crippen molar-refractivity contribution in [3.05, 3.63) is 0 Å². The van der Waals surface area contributed by atoms with Gasteiger partial charge in [-0.3, -0.25) is 4.90 Å². The van der Waals surface area contributed by atoms with Gasteiger partial charge in [0.2, 0.25) is 0 Å². The second-order valence-electron chi connectivity index (χ2n) is 7.22. The maximum Gasteiger partial charge on any atom is 0.0125 e. The van der Waals surface area contributed by atoms with Gasteiger partial charge in [0, 0.05) is 12.1 Å². The van der Waals surface area contributed by atoms with Gasteiger partial charge in [0.1, 0.15) is 0 Å². The van der Waals surface area contributed by atoms with Crippen LogP contribution >= 0.6 is 0 Å². The van der Waals surface area contributed by atoms with Crippen molar-refractivity contribution >= 4 is 0 Å². The fraction of sp³-hybridized carbons (Fsp3) is 1.00. The van der Waals surface area contributed by atoms with Crippen molar-refractivity contribution < 1.29 is 0 Å². The summed E-state index contributed by atoms with van der Waals surface area (Å²) in [6.07, 6.45) is 1.39. The first kappa shape index (κ1) is 14.0. The minimum atomic E-state index is 0.342. The molecule has 0 spiro atoms. The molecular weight excluding hydrogens is 194 g/mol. The smallest absolute Gasteiger partial charge is 0.0125 e. The molecule has 0 amide bonds. The predicted octanol–water partition coefficient (Wildman–Crippen LogP) is 4.04. The van der Waals surface area contributed by atoms with Crippen molar-refractivity contribution in [2.45, 2.75) is 60.4 Å². The molecule has 2 atom stereocenters. The van der Waals surface area contributed by atoms with Crippen molar-refractivity contribution in [2.75, 3.05) is 13.1 Å². The van der Waals surface area contributed by atoms with Crippen LogP contribution in [0, 0.1) is 23.7 Å². The molecule has 1 fully saturated rings. The van der Waals surface area contributed by atoms with E-state index >= 15 is 0 Å². The summed E-state index contributed by atoms with van der Waals surface area (Å²) in [4.78, 5) is 2.68. The first-order valence-electron chi connectivity index (χ1n) is 6.98. The summed E-state index contributed by atoms with van der Waals surface area (Å²) in [6, 6.07) is 0. The lowest BCUT2D eigenvalue weighted by Gasteiger charge is -2.47. The molecular formula is C15H31N. The van der Waals surface area contributed by atoms with E-state index < -0.39 is 0 Å². The molecule has 0 aromatic heterocycles. The van der Waals surface area contributed by atoms with Crippen molar-refractivity contribution in [2.24, 2.45) is 23.7 Å². The normalized spacial score (nSPS) is 29.1. The van der Waals surface area contributed by atoms with E-state index in [1.165, 1.54) is 19.5 Å². The van der Waals surface area contributed by atoms with Crippen molar-refractivity contribution in [1.29, 1.82) is 0 Å². The summed E-state index contributed by atoms with van der Waals surface area (Å²) in [7, 11) is 0. The Morgan fingerprint density at radius 3 is 1.81 bits per heavy atom. The molecule has 1 aliphatic rings. The highest BCUT2D eigenvalue weighted by Gasteiger charge is 2.36. The molecule has 1 saturated heterocycles. The van der Waals surface area contributed by atoms with Crippen molar-refractivity contribution in [3.63, 3.8) is 0 Å². The van der Waals surface area contributed by atoms with E-state index in [1.807, 2.05) is 0 Å². The van der Waals surface area contributed by atoms with Crippen LogP contribution in [-0.4, -0.2) is 23.5 Å². The fourth-order valence-electron chi connectivity index (χ4n) is 3.14. The van der Waals surface area contributed by atoms with Gasteiger partial charge in [-0.1, -0.05) is 27.7 Å². The molecule has 1 aliphatic heterocycles. The zero-order chi connectivity index (χ0) is 12.5. The third kappa shape index (κ3) is 3.23. The van der Waals surface area contributed by atoms with E-state index in [0.717, 1.165) is 23.7 Å². The molecule has 0 bridgehead atoms. The molecule has 1 rings (SSSR count). The molecule has 2 unspecified atom stereocenters. The molecule has 1 heterocycles. The second kappa shape index (κ2) is 5.08. The Balaban J connectivity index is 2.73. The molecule has 1 nitrogen and oxygen atoms in total. The summed E-state index contributed by atoms with van der Waals surface area (Å²) in [5.74, 6) is 3.47. The van der Waals surface area contributed by atoms with Crippen LogP contribution in [0.2, 0.25) is 0 Å². The molecule has 0 N–H and O–H groups in total. The molecule has 0 aliphatic carbocycles. The Hall–Kier alpha value is -0.0400. The van der Waals surface area contributed by atoms with Gasteiger partial charge in [0.25, 0.3) is 0 Å². The van der Waals surface area contributed by atoms with Crippen LogP contribution in [0.25, 0.3) is 0 Å². The fourth-order valence-corrected chi connectivity index (χ4v) is 3.14. The van der Waals surface area contributed by atoms with E-state index in [1.54, 1.807) is 0 Å². The van der Waals surface area contributed by atoms with Crippen LogP contribution < -0.4 is 0 Å². The molecule has 1 heteroatoms. The average molecular weight is 225 g/mol. The largest absolute Gasteiger partial charge is 0.298 e. The highest BCUT2D eigenvalue weighted by molar-refractivity contribution is 4.88. The predicted molar refractivity (Wildman–Crippen MR) is 72.6 cm³/mol. The van der Waals surface area contributed by atoms with Gasteiger partial charge in [-0.25, -0.2) is 0 Å². The topological polar surface area (TPSA) is 3.24 Å². The Kier molecular flexibility index (Phi) is 4.45. The highest BCUT2D eigenvalue weighted by atomic mass is 15.2. The van der Waals surface area contributed by atoms with Crippen molar-refractivity contribution in [3.8, 4) is 0 Å². The minimum Gasteiger partial charge on any atom is -0.298 e. The van der Waals surface area contributed by atoms with Gasteiger partial charge in [0.15, 0.2) is 0 Å². The van der Waals surface area contributed by atoms with Crippen LogP contribution in [0.5, 0.6) is 0 Å². The van der Waals surface area contributed by atoms with Crippen LogP contribution in [-0.2, 0) is 0 Å². The molecule has 0 aromatic carbocycles. The number of hydrogen-bond donors (Lipinski definition) is 0. The molecule has 0 aromatic rings. The summed E-state index contributed by atoms with van der Waals surface area (Å²) in [5, 5.41) is 0. The number of rotatable bonds is 2. The Morgan fingerprint density at radius 2 is 1.44 bits per heavy atom. The maximum atomic E-state index is 2.68. The Bertz CT molecular complexity index is 212. The number of hydrogen-bond acceptors (Lipinski definition) is 1. The first-order valence-corrected chi connectivity index (χ1v) is 6.98. The monoisotopic (exact) mass is 225 g/mol. The van der Waals surface area contributed by atoms with Gasteiger partial charge in [-0.15, -0.1) is 0 Å². The lowest BCUT2D eigenvalue weighted by Crippen LogP contribution is -2.51. The number of likely N-dealkylation sites (tertiary alicyclic amines) is 1. The SMILES string of the molecule is CC(C)C1CCN(C(C)(C)C)CC1C(C)C. The zero-order valence-electron chi connectivity index (χ0n) is 12.4. The lowest BCUT2D eigenvalue weighted by molar-refractivity contribution is 0.0130. The minimum absolute atomic E-state index is 0.342. The summed E-state index contributed by atoms with van der Waals surface area (Å²) in [5.41, 5.74) is 0.342. The van der Waals surface area contributed by atoms with E-state index in [4.69, 9.17) is 0 Å². The van der Waals surface area contributed by atoms with Gasteiger partial charge in [-0.05, 0) is 57.4 Å². The van der Waals surface area contributed by atoms with Crippen LogP contribution in [0.15, 0.2) is 0 Å². The van der Waals surface area contributed by atoms with E-state index in [0.29, 0.717) is 5.54 Å². The van der Waals surface area contributed by atoms with Gasteiger partial charge in [0.05, 0.1) is 0 Å². The van der Waals surface area contributed by atoms with Crippen LogP contribution in [0.3, 0.4) is 0 Å². The number of piperidine rings is 1. The van der Waals surface area contributed by atoms with Gasteiger partial charge in [-0.2, -0.15) is 0 Å². The first-order chi connectivity index (χ1) is 7.23. The summed E-state index contributed by atoms with van der Waals surface area (Å²) in [6.45, 7) is 19.2. The van der Waals surface area contributed by atoms with Crippen molar-refractivity contribution in [1.82, 2.24) is 4.90 Å². The molecule has 0 saturated carbocycles. The van der Waals surface area contributed by atoms with E-state index in [-0.39, 0.29) is 0 Å². The molecule has 16 heavy (non-hydrogen) atoms. The third-order valence-electron chi connectivity index (χ3n) is 4.37. The highest BCUT2D eigenvalue weighted by Crippen LogP contribution is 2.36. The molecule has 0 radical (unpaired) electrons. The third-order valence-corrected chi connectivity index (χ3v) is 4.37. The average Bonchev–Trinajstić information content (AvgIpc) is 2.15. The van der Waals surface area contributed by atoms with E-state index in [9.17, 15) is 0 Å². The summed E-state index contributed by atoms with van der Waals surface area (Å²) < 4.78 is 0. The standard InChI is InChI=1S/C15H31N/c1-11(2)13-8-9-16(15(5,6)7)10-14(13)12(3)4/h11-14H,8-10H2,1-7H3. The zero-order valence-corrected chi connectivity index (χ0v) is 12.4. The Labute approximate surface area is 103 Å². The van der Waals surface area contributed by atoms with E-state index in [2.05, 4.69) is 53.4 Å². The lowest BCUT2D eigenvalue weighted by atomic mass is 9.72. The van der Waals surface area contributed by atoms with Gasteiger partial charge < -0.3 is 0 Å². The second-order valence-corrected chi connectivity index (χ2v) is 7.22. The quantitative estimate of drug-likeness (QED) is 0.685. The van der Waals surface area contributed by atoms with Gasteiger partial charge >= 0.3 is 0 Å². The summed E-state index contributed by atoms with van der Waals surface area (Å²) >= 11 is 0. The van der Waals surface area contributed by atoms with Crippen LogP contribution in [0.1, 0.15) is 54.9 Å². The Morgan fingerprint density at radius 1 is 0.938 bits per heavy atom. The molecule has 96 valence electrons. The maximum absolute atomic E-state index is 2.68.